The number of hydrogen-bond acceptors (Lipinski definition) is 1. The predicted molar refractivity (Wildman–Crippen MR) is 66.6 cm³/mol. The average Bonchev–Trinajstić information content (AvgIpc) is 2.15. The molecule has 1 fully saturated rings. The summed E-state index contributed by atoms with van der Waals surface area (Å²) in [5.74, 6) is 0. The Labute approximate surface area is 111 Å². The van der Waals surface area contributed by atoms with Gasteiger partial charge in [0.25, 0.3) is 0 Å². The van der Waals surface area contributed by atoms with Gasteiger partial charge in [0.15, 0.2) is 0 Å². The maximum atomic E-state index is 4.97. The van der Waals surface area contributed by atoms with E-state index in [2.05, 4.69) is 17.3 Å². The van der Waals surface area contributed by atoms with Crippen LogP contribution in [0.25, 0.3) is 5.32 Å². The Morgan fingerprint density at radius 2 is 1.33 bits per heavy atom. The first kappa shape index (κ1) is 16.5. The van der Waals surface area contributed by atoms with E-state index in [-0.39, 0.29) is 0 Å². The number of hydrogen-bond donors (Lipinski definition) is 0. The zero-order valence-electron chi connectivity index (χ0n) is 9.19. The summed E-state index contributed by atoms with van der Waals surface area (Å²) in [5, 5.41) is 4.44. The van der Waals surface area contributed by atoms with Crippen molar-refractivity contribution < 1.29 is 14.7 Å². The molecule has 0 spiro atoms. The summed E-state index contributed by atoms with van der Waals surface area (Å²) in [4.78, 5) is 2.44. The molecule has 15 heavy (non-hydrogen) atoms. The van der Waals surface area contributed by atoms with Crippen LogP contribution in [0.5, 0.6) is 0 Å². The molecule has 0 N–H and O–H groups in total. The zero-order chi connectivity index (χ0) is 11.5. The normalized spacial score (nSPS) is 20.0. The minimum atomic E-state index is -1.92. The summed E-state index contributed by atoms with van der Waals surface area (Å²) in [7, 11) is 17.1. The standard InChI is InChI=1S/C9H19N2.3ClH.Ti/c1-11-8-4-2-6-10-7-3-5-9-11;;;;/h2-9H2,1H3;3*1H;/q-1;;;;+4/p-3. The van der Waals surface area contributed by atoms with Gasteiger partial charge in [-0.2, -0.15) is 0 Å². The monoisotopic (exact) mass is 308 g/mol. The molecule has 1 aliphatic rings. The van der Waals surface area contributed by atoms with Crippen LogP contribution in [0.4, 0.5) is 0 Å². The molecule has 0 radical (unpaired) electrons. The molecular weight excluding hydrogens is 290 g/mol. The molecule has 0 aliphatic carbocycles. The van der Waals surface area contributed by atoms with Crippen molar-refractivity contribution in [1.29, 1.82) is 0 Å². The van der Waals surface area contributed by atoms with E-state index in [9.17, 15) is 0 Å². The fourth-order valence-corrected chi connectivity index (χ4v) is 1.43. The number of rotatable bonds is 0. The molecule has 0 bridgehead atoms. The van der Waals surface area contributed by atoms with Crippen molar-refractivity contribution in [3.63, 3.8) is 0 Å². The van der Waals surface area contributed by atoms with Crippen molar-refractivity contribution in [2.45, 2.75) is 25.7 Å². The van der Waals surface area contributed by atoms with E-state index < -0.39 is 14.7 Å². The molecule has 0 aromatic heterocycles. The van der Waals surface area contributed by atoms with Gasteiger partial charge in [-0.15, -0.1) is 13.1 Å². The van der Waals surface area contributed by atoms with Gasteiger partial charge < -0.3 is 10.2 Å². The third-order valence-electron chi connectivity index (χ3n) is 2.21. The second-order valence-corrected chi connectivity index (χ2v) is 11.3. The fourth-order valence-electron chi connectivity index (χ4n) is 1.43. The summed E-state index contributed by atoms with van der Waals surface area (Å²) < 4.78 is 0. The number of halogens is 3. The Morgan fingerprint density at radius 1 is 0.933 bits per heavy atom. The first-order valence-electron chi connectivity index (χ1n) is 5.28. The predicted octanol–water partition coefficient (Wildman–Crippen LogP) is 3.93. The second-order valence-electron chi connectivity index (χ2n) is 3.60. The van der Waals surface area contributed by atoms with Gasteiger partial charge in [0.05, 0.1) is 0 Å². The van der Waals surface area contributed by atoms with Crippen LogP contribution in [0.1, 0.15) is 25.7 Å². The Balaban J connectivity index is 0.000000423. The third-order valence-corrected chi connectivity index (χ3v) is 2.21. The molecule has 0 aromatic carbocycles. The van der Waals surface area contributed by atoms with Gasteiger partial charge in [-0.05, 0) is 33.0 Å². The molecule has 6 heteroatoms. The molecule has 0 amide bonds. The zero-order valence-corrected chi connectivity index (χ0v) is 13.0. The van der Waals surface area contributed by atoms with Gasteiger partial charge >= 0.3 is 42.6 Å². The van der Waals surface area contributed by atoms with Crippen LogP contribution in [0.3, 0.4) is 0 Å². The first-order chi connectivity index (χ1) is 7.13. The molecule has 90 valence electrons. The van der Waals surface area contributed by atoms with Gasteiger partial charge in [-0.3, -0.25) is 0 Å². The fraction of sp³-hybridized carbons (Fsp3) is 1.00. The van der Waals surface area contributed by atoms with Crippen molar-refractivity contribution in [1.82, 2.24) is 4.90 Å². The SMILES string of the molecule is CN1CCCC[N-]CCCC1.[Cl][Ti+]([Cl])[Cl]. The van der Waals surface area contributed by atoms with Crippen molar-refractivity contribution in [3.8, 4) is 0 Å². The molecule has 1 saturated heterocycles. The molecule has 0 aromatic rings. The van der Waals surface area contributed by atoms with Crippen LogP contribution in [-0.4, -0.2) is 38.1 Å². The van der Waals surface area contributed by atoms with E-state index >= 15 is 0 Å². The van der Waals surface area contributed by atoms with Crippen molar-refractivity contribution in [2.75, 3.05) is 33.2 Å². The minimum absolute atomic E-state index is 1.09. The summed E-state index contributed by atoms with van der Waals surface area (Å²) >= 11 is -1.92. The second kappa shape index (κ2) is 12.0. The van der Waals surface area contributed by atoms with Crippen LogP contribution >= 0.6 is 27.9 Å². The number of nitrogens with zero attached hydrogens (tertiary/aromatic N) is 2. The molecule has 0 atom stereocenters. The van der Waals surface area contributed by atoms with Gasteiger partial charge in [-0.25, -0.2) is 0 Å². The average molecular weight is 309 g/mol. The topological polar surface area (TPSA) is 17.3 Å². The van der Waals surface area contributed by atoms with Gasteiger partial charge in [0.1, 0.15) is 0 Å². The van der Waals surface area contributed by atoms with E-state index in [4.69, 9.17) is 27.9 Å². The van der Waals surface area contributed by atoms with Gasteiger partial charge in [-0.1, -0.05) is 12.8 Å². The van der Waals surface area contributed by atoms with Crippen molar-refractivity contribution in [3.05, 3.63) is 5.32 Å². The summed E-state index contributed by atoms with van der Waals surface area (Å²) in [6.07, 6.45) is 5.20. The maximum absolute atomic E-state index is 4.97. The molecule has 0 saturated carbocycles. The molecule has 1 heterocycles. The first-order valence-corrected chi connectivity index (χ1v) is 11.7. The van der Waals surface area contributed by atoms with Crippen LogP contribution < -0.4 is 0 Å². The Kier molecular flexibility index (Phi) is 13.2. The van der Waals surface area contributed by atoms with Crippen LogP contribution in [0, 0.1) is 0 Å². The Hall–Kier alpha value is 1.50. The molecule has 0 unspecified atom stereocenters. The van der Waals surface area contributed by atoms with E-state index in [1.165, 1.54) is 38.8 Å². The van der Waals surface area contributed by atoms with Crippen LogP contribution in [0.2, 0.25) is 0 Å². The third kappa shape index (κ3) is 15.5. The summed E-state index contributed by atoms with van der Waals surface area (Å²) in [5.41, 5.74) is 0. The molecule has 2 nitrogen and oxygen atoms in total. The van der Waals surface area contributed by atoms with Crippen LogP contribution in [-0.2, 0) is 14.7 Å². The summed E-state index contributed by atoms with van der Waals surface area (Å²) in [6.45, 7) is 4.70. The quantitative estimate of drug-likeness (QED) is 0.620. The van der Waals surface area contributed by atoms with E-state index in [0.717, 1.165) is 13.1 Å². The molecule has 1 rings (SSSR count). The summed E-state index contributed by atoms with van der Waals surface area (Å²) in [6, 6.07) is 0. The van der Waals surface area contributed by atoms with E-state index in [1.807, 2.05) is 0 Å². The van der Waals surface area contributed by atoms with E-state index in [1.54, 1.807) is 0 Å². The molecular formula is C9H19Cl3N2Ti. The Morgan fingerprint density at radius 3 is 1.73 bits per heavy atom. The Bertz CT molecular complexity index is 126. The molecule has 1 aliphatic heterocycles. The van der Waals surface area contributed by atoms with Gasteiger partial charge in [0, 0.05) is 0 Å². The van der Waals surface area contributed by atoms with E-state index in [0.29, 0.717) is 0 Å². The van der Waals surface area contributed by atoms with Gasteiger partial charge in [0.2, 0.25) is 0 Å². The van der Waals surface area contributed by atoms with Crippen molar-refractivity contribution >= 4 is 27.9 Å². The van der Waals surface area contributed by atoms with Crippen molar-refractivity contribution in [2.24, 2.45) is 0 Å². The van der Waals surface area contributed by atoms with Crippen LogP contribution in [0.15, 0.2) is 0 Å².